The first-order valence-electron chi connectivity index (χ1n) is 11.6. The summed E-state index contributed by atoms with van der Waals surface area (Å²) >= 11 is 0. The maximum absolute atomic E-state index is 12.2. The van der Waals surface area contributed by atoms with E-state index >= 15 is 0 Å². The number of aliphatic hydroxyl groups is 1. The van der Waals surface area contributed by atoms with Gasteiger partial charge in [-0.3, -0.25) is 9.35 Å². The van der Waals surface area contributed by atoms with Crippen molar-refractivity contribution in [2.24, 2.45) is 5.92 Å². The van der Waals surface area contributed by atoms with Gasteiger partial charge in [0.2, 0.25) is 0 Å². The molecule has 2 aliphatic rings. The zero-order chi connectivity index (χ0) is 25.7. The average molecular weight is 495 g/mol. The van der Waals surface area contributed by atoms with E-state index in [-0.39, 0.29) is 24.7 Å². The Bertz CT molecular complexity index is 1030. The summed E-state index contributed by atoms with van der Waals surface area (Å²) < 4.78 is 42.3. The summed E-state index contributed by atoms with van der Waals surface area (Å²) in [4.78, 5) is 12.2. The first kappa shape index (κ1) is 28.4. The van der Waals surface area contributed by atoms with Gasteiger partial charge in [-0.05, 0) is 84.1 Å². The van der Waals surface area contributed by atoms with E-state index in [0.717, 1.165) is 24.0 Å². The fourth-order valence-electron chi connectivity index (χ4n) is 4.50. The van der Waals surface area contributed by atoms with Gasteiger partial charge in [0.05, 0.1) is 18.8 Å². The summed E-state index contributed by atoms with van der Waals surface area (Å²) in [6.07, 6.45) is 10.8. The van der Waals surface area contributed by atoms with Crippen molar-refractivity contribution in [3.63, 3.8) is 0 Å². The fraction of sp³-hybridized carbons (Fsp3) is 0.577. The molecule has 2 rings (SSSR count). The van der Waals surface area contributed by atoms with Crippen LogP contribution in [-0.4, -0.2) is 48.3 Å². The lowest BCUT2D eigenvalue weighted by Crippen LogP contribution is -2.43. The molecule has 0 spiro atoms. The van der Waals surface area contributed by atoms with Crippen LogP contribution in [-0.2, 0) is 24.1 Å². The predicted molar refractivity (Wildman–Crippen MR) is 133 cm³/mol. The maximum atomic E-state index is 12.2. The molecule has 0 bridgehead atoms. The van der Waals surface area contributed by atoms with Crippen molar-refractivity contribution in [3.05, 3.63) is 58.2 Å². The highest BCUT2D eigenvalue weighted by atomic mass is 32.3. The summed E-state index contributed by atoms with van der Waals surface area (Å²) in [6.45, 7) is 11.3. The number of ketones is 1. The largest absolute Gasteiger partial charge is 0.397 e. The topological polar surface area (TPSA) is 110 Å². The predicted octanol–water partition coefficient (Wildman–Crippen LogP) is 4.82. The number of hydrogen-bond acceptors (Lipinski definition) is 6. The van der Waals surface area contributed by atoms with E-state index in [1.165, 1.54) is 5.57 Å². The number of allylic oxidation sites excluding steroid dienone is 4. The average Bonchev–Trinajstić information content (AvgIpc) is 2.66. The maximum Gasteiger partial charge on any atom is 0.397 e. The molecule has 4 atom stereocenters. The monoisotopic (exact) mass is 494 g/mol. The van der Waals surface area contributed by atoms with Crippen molar-refractivity contribution in [3.8, 4) is 0 Å². The van der Waals surface area contributed by atoms with Crippen LogP contribution >= 0.6 is 0 Å². The van der Waals surface area contributed by atoms with Crippen LogP contribution in [0.5, 0.6) is 0 Å². The molecule has 0 saturated heterocycles. The summed E-state index contributed by atoms with van der Waals surface area (Å²) in [5, 5.41) is 10.5. The van der Waals surface area contributed by atoms with Crippen molar-refractivity contribution >= 4 is 16.2 Å². The number of rotatable bonds is 10. The lowest BCUT2D eigenvalue weighted by Gasteiger charge is -2.41. The highest BCUT2D eigenvalue weighted by Gasteiger charge is 2.40. The molecule has 2 N–H and O–H groups in total. The van der Waals surface area contributed by atoms with E-state index in [9.17, 15) is 18.3 Å². The van der Waals surface area contributed by atoms with Crippen LogP contribution in [0.1, 0.15) is 67.2 Å². The smallest absolute Gasteiger partial charge is 0.389 e. The van der Waals surface area contributed by atoms with Crippen LogP contribution < -0.4 is 0 Å². The second-order valence-corrected chi connectivity index (χ2v) is 10.9. The Morgan fingerprint density at radius 1 is 1.29 bits per heavy atom. The van der Waals surface area contributed by atoms with Gasteiger partial charge >= 0.3 is 10.4 Å². The Balaban J connectivity index is 2.21. The molecule has 1 aliphatic heterocycles. The Hall–Kier alpha value is -1.84. The molecular weight excluding hydrogens is 456 g/mol. The van der Waals surface area contributed by atoms with E-state index < -0.39 is 28.2 Å². The van der Waals surface area contributed by atoms with Gasteiger partial charge in [-0.2, -0.15) is 8.42 Å². The number of carbonyl (C=O) groups is 1. The van der Waals surface area contributed by atoms with E-state index in [4.69, 9.17) is 9.29 Å². The van der Waals surface area contributed by atoms with Gasteiger partial charge in [0.25, 0.3) is 0 Å². The minimum absolute atomic E-state index is 0.0344. The van der Waals surface area contributed by atoms with Crippen LogP contribution in [0, 0.1) is 5.92 Å². The number of hydrogen-bond donors (Lipinski definition) is 2. The number of carbonyl (C=O) groups excluding carboxylic acids is 1. The molecular formula is C26H38O7S. The van der Waals surface area contributed by atoms with Crippen molar-refractivity contribution in [2.45, 2.75) is 85.0 Å². The Morgan fingerprint density at radius 3 is 2.59 bits per heavy atom. The molecule has 0 amide bonds. The highest BCUT2D eigenvalue weighted by molar-refractivity contribution is 7.80. The molecule has 0 saturated carbocycles. The zero-order valence-electron chi connectivity index (χ0n) is 21.0. The van der Waals surface area contributed by atoms with Crippen LogP contribution in [0.15, 0.2) is 58.2 Å². The molecule has 34 heavy (non-hydrogen) atoms. The molecule has 190 valence electrons. The molecule has 7 nitrogen and oxygen atoms in total. The molecule has 0 aromatic heterocycles. The van der Waals surface area contributed by atoms with Crippen molar-refractivity contribution < 1.29 is 31.8 Å². The molecule has 0 fully saturated rings. The van der Waals surface area contributed by atoms with Crippen molar-refractivity contribution in [2.75, 3.05) is 6.61 Å². The normalized spacial score (nSPS) is 27.0. The minimum atomic E-state index is -4.63. The minimum Gasteiger partial charge on any atom is -0.389 e. The van der Waals surface area contributed by atoms with Crippen molar-refractivity contribution in [1.29, 1.82) is 0 Å². The molecule has 1 aliphatic carbocycles. The first-order chi connectivity index (χ1) is 15.7. The molecule has 0 aromatic rings. The van der Waals surface area contributed by atoms with Crippen LogP contribution in [0.3, 0.4) is 0 Å². The van der Waals surface area contributed by atoms with Gasteiger partial charge in [0, 0.05) is 12.3 Å². The molecule has 0 aromatic carbocycles. The van der Waals surface area contributed by atoms with Gasteiger partial charge in [-0.1, -0.05) is 34.9 Å². The number of fused-ring (bicyclic) bond motifs is 1. The zero-order valence-corrected chi connectivity index (χ0v) is 21.8. The standard InChI is InChI=1S/C26H38O7S/c1-17(2)8-7-9-18(3)10-22(27)11-19(4)14-26(6)15-21(16-32-34(29,30)31)23-13-24(28)20(5)12-25(23)33-26/h8,10,12,14-15,22-23,25,27H,7,9,11,13,16H2,1-6H3,(H,29,30,31)/b18-10+,19-14-/t22-,23-,25-,26+/m1/s1. The van der Waals surface area contributed by atoms with Crippen LogP contribution in [0.25, 0.3) is 0 Å². The summed E-state index contributed by atoms with van der Waals surface area (Å²) in [5.74, 6) is -0.399. The Morgan fingerprint density at radius 2 is 1.97 bits per heavy atom. The van der Waals surface area contributed by atoms with Gasteiger partial charge < -0.3 is 9.84 Å². The first-order valence-corrected chi connectivity index (χ1v) is 12.9. The van der Waals surface area contributed by atoms with E-state index in [0.29, 0.717) is 17.6 Å². The SMILES string of the molecule is CC(C)=CCC/C(C)=C/[C@@H](O)C/C(C)=C\[C@@]1(C)C=C(COS(=O)(=O)O)[C@H]2CC(=O)C(C)=C[C@H]2O1. The van der Waals surface area contributed by atoms with Gasteiger partial charge in [-0.25, -0.2) is 4.18 Å². The van der Waals surface area contributed by atoms with Crippen LogP contribution in [0.4, 0.5) is 0 Å². The number of Topliss-reactive ketones (excluding diaryl/α,β-unsaturated/α-hetero) is 1. The Labute approximate surface area is 203 Å². The highest BCUT2D eigenvalue weighted by Crippen LogP contribution is 2.39. The summed E-state index contributed by atoms with van der Waals surface area (Å²) in [5.41, 5.74) is 3.58. The number of ether oxygens (including phenoxy) is 1. The lowest BCUT2D eigenvalue weighted by molar-refractivity contribution is -0.120. The van der Waals surface area contributed by atoms with E-state index in [2.05, 4.69) is 24.1 Å². The Kier molecular flexibility index (Phi) is 9.80. The fourth-order valence-corrected chi connectivity index (χ4v) is 4.78. The van der Waals surface area contributed by atoms with E-state index in [1.807, 2.05) is 32.9 Å². The van der Waals surface area contributed by atoms with E-state index in [1.54, 1.807) is 19.1 Å². The second kappa shape index (κ2) is 11.7. The van der Waals surface area contributed by atoms with Gasteiger partial charge in [0.15, 0.2) is 5.78 Å². The third-order valence-electron chi connectivity index (χ3n) is 6.00. The van der Waals surface area contributed by atoms with Crippen LogP contribution in [0.2, 0.25) is 0 Å². The number of aliphatic hydroxyl groups excluding tert-OH is 1. The summed E-state index contributed by atoms with van der Waals surface area (Å²) in [6, 6.07) is 0. The second-order valence-electron chi connectivity index (χ2n) is 9.85. The lowest BCUT2D eigenvalue weighted by atomic mass is 9.77. The molecule has 1 heterocycles. The molecule has 0 radical (unpaired) electrons. The summed E-state index contributed by atoms with van der Waals surface area (Å²) in [7, 11) is -4.63. The van der Waals surface area contributed by atoms with Gasteiger partial charge in [0.1, 0.15) is 5.60 Å². The molecule has 0 unspecified atom stereocenters. The van der Waals surface area contributed by atoms with Crippen molar-refractivity contribution in [1.82, 2.24) is 0 Å². The third kappa shape index (κ3) is 9.07. The third-order valence-corrected chi connectivity index (χ3v) is 6.42. The molecule has 8 heteroatoms. The van der Waals surface area contributed by atoms with Gasteiger partial charge in [-0.15, -0.1) is 0 Å². The quantitative estimate of drug-likeness (QED) is 0.331.